The van der Waals surface area contributed by atoms with Crippen molar-refractivity contribution in [3.8, 4) is 11.4 Å². The van der Waals surface area contributed by atoms with Crippen LogP contribution in [-0.2, 0) is 12.8 Å². The van der Waals surface area contributed by atoms with E-state index in [1.807, 2.05) is 23.6 Å². The number of hydrogen-bond donors (Lipinski definition) is 1. The SMILES string of the molecule is C[C@H]1CCc2c(sc3nc(-c4cccnc4)nc(N4CC[NH+](C)CC4)c23)C1. The number of piperazine rings is 1. The fourth-order valence-corrected chi connectivity index (χ4v) is 5.65. The minimum absolute atomic E-state index is 0.770. The Hall–Kier alpha value is -2.05. The molecule has 0 spiro atoms. The van der Waals surface area contributed by atoms with Gasteiger partial charge < -0.3 is 9.80 Å². The van der Waals surface area contributed by atoms with Gasteiger partial charge in [-0.2, -0.15) is 0 Å². The van der Waals surface area contributed by atoms with Crippen molar-refractivity contribution >= 4 is 27.4 Å². The van der Waals surface area contributed by atoms with E-state index in [1.54, 1.807) is 11.1 Å². The predicted octanol–water partition coefficient (Wildman–Crippen LogP) is 2.21. The Morgan fingerprint density at radius 2 is 2.07 bits per heavy atom. The summed E-state index contributed by atoms with van der Waals surface area (Å²) in [5.74, 6) is 2.73. The second-order valence-electron chi connectivity index (χ2n) is 8.09. The van der Waals surface area contributed by atoms with E-state index in [1.165, 1.54) is 28.7 Å². The van der Waals surface area contributed by atoms with Crippen molar-refractivity contribution in [1.82, 2.24) is 15.0 Å². The summed E-state index contributed by atoms with van der Waals surface area (Å²) in [6.07, 6.45) is 7.30. The number of nitrogens with one attached hydrogen (secondary N) is 1. The number of thiophene rings is 1. The van der Waals surface area contributed by atoms with E-state index in [9.17, 15) is 0 Å². The topological polar surface area (TPSA) is 46.4 Å². The molecule has 1 fully saturated rings. The zero-order chi connectivity index (χ0) is 18.4. The molecule has 0 saturated carbocycles. The molecule has 5 rings (SSSR count). The quantitative estimate of drug-likeness (QED) is 0.741. The summed E-state index contributed by atoms with van der Waals surface area (Å²) in [7, 11) is 2.28. The molecule has 0 radical (unpaired) electrons. The van der Waals surface area contributed by atoms with Crippen molar-refractivity contribution in [2.75, 3.05) is 38.1 Å². The van der Waals surface area contributed by atoms with E-state index in [0.29, 0.717) is 0 Å². The standard InChI is InChI=1S/C21H25N5S/c1-14-5-6-16-17(12-14)27-21-18(16)20(26-10-8-25(2)9-11-26)23-19(24-21)15-4-3-7-22-13-15/h3-4,7,13-14H,5-6,8-12H2,1-2H3/p+1/t14-/m0/s1. The molecule has 0 amide bonds. The average Bonchev–Trinajstić information content (AvgIpc) is 3.06. The highest BCUT2D eigenvalue weighted by Gasteiger charge is 2.28. The van der Waals surface area contributed by atoms with E-state index in [0.717, 1.165) is 60.6 Å². The van der Waals surface area contributed by atoms with Gasteiger partial charge in [0.05, 0.1) is 38.6 Å². The lowest BCUT2D eigenvalue weighted by Crippen LogP contribution is -3.12. The van der Waals surface area contributed by atoms with Crippen LogP contribution in [0.2, 0.25) is 0 Å². The molecule has 6 heteroatoms. The van der Waals surface area contributed by atoms with Crippen LogP contribution >= 0.6 is 11.3 Å². The molecule has 1 N–H and O–H groups in total. The van der Waals surface area contributed by atoms with Gasteiger partial charge in [0.1, 0.15) is 10.6 Å². The van der Waals surface area contributed by atoms with Crippen molar-refractivity contribution in [1.29, 1.82) is 0 Å². The largest absolute Gasteiger partial charge is 0.345 e. The number of nitrogens with zero attached hydrogens (tertiary/aromatic N) is 4. The summed E-state index contributed by atoms with van der Waals surface area (Å²) in [4.78, 5) is 21.1. The molecule has 5 nitrogen and oxygen atoms in total. The van der Waals surface area contributed by atoms with Gasteiger partial charge in [0, 0.05) is 22.8 Å². The van der Waals surface area contributed by atoms with Gasteiger partial charge in [-0.15, -0.1) is 11.3 Å². The van der Waals surface area contributed by atoms with E-state index >= 15 is 0 Å². The highest BCUT2D eigenvalue weighted by molar-refractivity contribution is 7.19. The minimum atomic E-state index is 0.770. The van der Waals surface area contributed by atoms with Crippen LogP contribution in [-0.4, -0.2) is 48.2 Å². The van der Waals surface area contributed by atoms with Gasteiger partial charge in [-0.3, -0.25) is 4.98 Å². The van der Waals surface area contributed by atoms with Crippen LogP contribution in [0.1, 0.15) is 23.8 Å². The number of anilines is 1. The monoisotopic (exact) mass is 380 g/mol. The van der Waals surface area contributed by atoms with E-state index in [4.69, 9.17) is 9.97 Å². The molecule has 0 aromatic carbocycles. The molecule has 4 heterocycles. The van der Waals surface area contributed by atoms with Crippen molar-refractivity contribution in [3.05, 3.63) is 35.0 Å². The minimum Gasteiger partial charge on any atom is -0.345 e. The lowest BCUT2D eigenvalue weighted by Gasteiger charge is -2.31. The van der Waals surface area contributed by atoms with Crippen molar-refractivity contribution in [3.63, 3.8) is 0 Å². The van der Waals surface area contributed by atoms with E-state index < -0.39 is 0 Å². The van der Waals surface area contributed by atoms with Crippen LogP contribution in [0.5, 0.6) is 0 Å². The first-order valence-electron chi connectivity index (χ1n) is 9.98. The molecule has 140 valence electrons. The van der Waals surface area contributed by atoms with Gasteiger partial charge in [0.25, 0.3) is 0 Å². The zero-order valence-electron chi connectivity index (χ0n) is 16.0. The van der Waals surface area contributed by atoms with Crippen LogP contribution in [0.4, 0.5) is 5.82 Å². The smallest absolute Gasteiger partial charge is 0.164 e. The maximum Gasteiger partial charge on any atom is 0.164 e. The second kappa shape index (κ2) is 6.84. The van der Waals surface area contributed by atoms with E-state index in [2.05, 4.69) is 29.9 Å². The molecule has 3 aromatic heterocycles. The maximum absolute atomic E-state index is 5.09. The number of pyridine rings is 1. The molecular weight excluding hydrogens is 354 g/mol. The molecule has 1 aliphatic heterocycles. The Morgan fingerprint density at radius 3 is 2.85 bits per heavy atom. The van der Waals surface area contributed by atoms with Crippen LogP contribution < -0.4 is 9.80 Å². The fourth-order valence-electron chi connectivity index (χ4n) is 4.28. The second-order valence-corrected chi connectivity index (χ2v) is 9.17. The number of quaternary nitrogens is 1. The molecule has 1 saturated heterocycles. The van der Waals surface area contributed by atoms with Crippen LogP contribution in [0.3, 0.4) is 0 Å². The number of fused-ring (bicyclic) bond motifs is 3. The molecule has 2 aliphatic rings. The Labute approximate surface area is 164 Å². The van der Waals surface area contributed by atoms with Crippen molar-refractivity contribution in [2.45, 2.75) is 26.2 Å². The average molecular weight is 381 g/mol. The first kappa shape index (κ1) is 17.1. The highest BCUT2D eigenvalue weighted by atomic mass is 32.1. The predicted molar refractivity (Wildman–Crippen MR) is 111 cm³/mol. The third kappa shape index (κ3) is 3.11. The normalized spacial score (nSPS) is 20.8. The Balaban J connectivity index is 1.69. The molecule has 0 bridgehead atoms. The fraction of sp³-hybridized carbons (Fsp3) is 0.476. The summed E-state index contributed by atoms with van der Waals surface area (Å²) < 4.78 is 0. The first-order valence-corrected chi connectivity index (χ1v) is 10.8. The van der Waals surface area contributed by atoms with Crippen LogP contribution in [0.15, 0.2) is 24.5 Å². The summed E-state index contributed by atoms with van der Waals surface area (Å²) in [5.41, 5.74) is 2.52. The molecule has 3 aromatic rings. The van der Waals surface area contributed by atoms with Crippen LogP contribution in [0, 0.1) is 5.92 Å². The number of likely N-dealkylation sites (N-methyl/N-ethyl adjacent to an activating group) is 1. The van der Waals surface area contributed by atoms with Gasteiger partial charge in [-0.25, -0.2) is 9.97 Å². The van der Waals surface area contributed by atoms with Gasteiger partial charge in [0.2, 0.25) is 0 Å². The van der Waals surface area contributed by atoms with Gasteiger partial charge in [-0.1, -0.05) is 6.92 Å². The zero-order valence-corrected chi connectivity index (χ0v) is 16.9. The third-order valence-electron chi connectivity index (χ3n) is 5.97. The third-order valence-corrected chi connectivity index (χ3v) is 7.12. The molecule has 0 unspecified atom stereocenters. The molecule has 1 atom stereocenters. The lowest BCUT2D eigenvalue weighted by molar-refractivity contribution is -0.880. The van der Waals surface area contributed by atoms with E-state index in [-0.39, 0.29) is 0 Å². The highest BCUT2D eigenvalue weighted by Crippen LogP contribution is 2.41. The lowest BCUT2D eigenvalue weighted by atomic mass is 9.89. The van der Waals surface area contributed by atoms with Crippen molar-refractivity contribution in [2.24, 2.45) is 5.92 Å². The van der Waals surface area contributed by atoms with Gasteiger partial charge in [-0.05, 0) is 42.9 Å². The summed E-state index contributed by atoms with van der Waals surface area (Å²) in [5, 5.41) is 1.33. The van der Waals surface area contributed by atoms with Crippen LogP contribution in [0.25, 0.3) is 21.6 Å². The Kier molecular flexibility index (Phi) is 4.32. The molecule has 27 heavy (non-hydrogen) atoms. The number of rotatable bonds is 2. The number of aryl methyl sites for hydroxylation is 1. The Bertz CT molecular complexity index is 960. The Morgan fingerprint density at radius 1 is 1.22 bits per heavy atom. The summed E-state index contributed by atoms with van der Waals surface area (Å²) in [6, 6.07) is 4.02. The number of hydrogen-bond acceptors (Lipinski definition) is 5. The van der Waals surface area contributed by atoms with Crippen molar-refractivity contribution < 1.29 is 4.90 Å². The summed E-state index contributed by atoms with van der Waals surface area (Å²) in [6.45, 7) is 6.81. The first-order chi connectivity index (χ1) is 13.2. The molecular formula is C21H26N5S+. The molecule has 1 aliphatic carbocycles. The maximum atomic E-state index is 5.09. The van der Waals surface area contributed by atoms with Gasteiger partial charge in [0.15, 0.2) is 5.82 Å². The van der Waals surface area contributed by atoms with Gasteiger partial charge >= 0.3 is 0 Å². The summed E-state index contributed by atoms with van der Waals surface area (Å²) >= 11 is 1.89. The number of aromatic nitrogens is 3.